The molecule has 0 saturated carbocycles. The molecule has 12 heavy (non-hydrogen) atoms. The fourth-order valence-corrected chi connectivity index (χ4v) is 1.22. The van der Waals surface area contributed by atoms with E-state index in [0.717, 1.165) is 18.8 Å². The molecule has 1 atom stereocenters. The molecule has 1 heterocycles. The third-order valence-electron chi connectivity index (χ3n) is 1.97. The van der Waals surface area contributed by atoms with Gasteiger partial charge in [-0.15, -0.1) is 0 Å². The number of likely N-dealkylation sites (N-methyl/N-ethyl adjacent to an activating group) is 2. The van der Waals surface area contributed by atoms with Crippen molar-refractivity contribution in [2.45, 2.75) is 19.9 Å². The third kappa shape index (κ3) is 2.34. The van der Waals surface area contributed by atoms with Gasteiger partial charge in [-0.3, -0.25) is 4.99 Å². The molecule has 0 aromatic carbocycles. The van der Waals surface area contributed by atoms with E-state index in [1.54, 1.807) is 0 Å². The Morgan fingerprint density at radius 1 is 1.67 bits per heavy atom. The van der Waals surface area contributed by atoms with Gasteiger partial charge in [0.1, 0.15) is 0 Å². The molecule has 68 valence electrons. The normalized spacial score (nSPS) is 22.8. The molecule has 1 unspecified atom stereocenters. The highest BCUT2D eigenvalue weighted by molar-refractivity contribution is 5.67. The monoisotopic (exact) mass is 167 g/mol. The van der Waals surface area contributed by atoms with Crippen LogP contribution in [0.3, 0.4) is 0 Å². The number of rotatable bonds is 3. The number of allylic oxidation sites excluding steroid dienone is 1. The Morgan fingerprint density at radius 3 is 3.00 bits per heavy atom. The first-order valence-electron chi connectivity index (χ1n) is 4.39. The standard InChI is InChI=1S/C9H17N3/c1-4-10-5-9-6-11-8(2)7-12(9)3/h6-7,9-10H,4-5H2,1-3H3. The van der Waals surface area contributed by atoms with E-state index >= 15 is 0 Å². The number of nitrogens with one attached hydrogen (secondary N) is 1. The van der Waals surface area contributed by atoms with Crippen LogP contribution < -0.4 is 5.32 Å². The van der Waals surface area contributed by atoms with Gasteiger partial charge < -0.3 is 10.2 Å². The van der Waals surface area contributed by atoms with Crippen LogP contribution in [0.2, 0.25) is 0 Å². The van der Waals surface area contributed by atoms with Gasteiger partial charge in [0.05, 0.1) is 11.7 Å². The minimum Gasteiger partial charge on any atom is -0.370 e. The highest BCUT2D eigenvalue weighted by atomic mass is 15.2. The topological polar surface area (TPSA) is 27.6 Å². The predicted octanol–water partition coefficient (Wildman–Crippen LogP) is 0.842. The molecule has 0 spiro atoms. The maximum atomic E-state index is 4.27. The zero-order chi connectivity index (χ0) is 8.97. The Labute approximate surface area is 74.2 Å². The molecule has 1 N–H and O–H groups in total. The fourth-order valence-electron chi connectivity index (χ4n) is 1.22. The van der Waals surface area contributed by atoms with Crippen LogP contribution >= 0.6 is 0 Å². The van der Waals surface area contributed by atoms with Crippen molar-refractivity contribution in [3.63, 3.8) is 0 Å². The van der Waals surface area contributed by atoms with Gasteiger partial charge in [0.2, 0.25) is 0 Å². The molecule has 3 heteroatoms. The molecular formula is C9H17N3. The van der Waals surface area contributed by atoms with Crippen LogP contribution in [0.4, 0.5) is 0 Å². The van der Waals surface area contributed by atoms with Gasteiger partial charge in [-0.05, 0) is 13.5 Å². The molecule has 1 rings (SSSR count). The quantitative estimate of drug-likeness (QED) is 0.674. The van der Waals surface area contributed by atoms with E-state index in [0.29, 0.717) is 6.04 Å². The summed E-state index contributed by atoms with van der Waals surface area (Å²) in [4.78, 5) is 6.45. The van der Waals surface area contributed by atoms with Gasteiger partial charge in [0.25, 0.3) is 0 Å². The van der Waals surface area contributed by atoms with Gasteiger partial charge in [0.15, 0.2) is 0 Å². The molecule has 1 aliphatic rings. The Hall–Kier alpha value is -0.830. The van der Waals surface area contributed by atoms with E-state index in [4.69, 9.17) is 0 Å². The molecule has 0 radical (unpaired) electrons. The lowest BCUT2D eigenvalue weighted by Crippen LogP contribution is -2.39. The lowest BCUT2D eigenvalue weighted by Gasteiger charge is -2.26. The van der Waals surface area contributed by atoms with Crippen molar-refractivity contribution in [2.24, 2.45) is 4.99 Å². The molecule has 1 aliphatic heterocycles. The minimum absolute atomic E-state index is 0.411. The van der Waals surface area contributed by atoms with Crippen molar-refractivity contribution < 1.29 is 0 Å². The second-order valence-electron chi connectivity index (χ2n) is 3.09. The van der Waals surface area contributed by atoms with E-state index in [1.165, 1.54) is 0 Å². The Morgan fingerprint density at radius 2 is 2.42 bits per heavy atom. The van der Waals surface area contributed by atoms with Crippen LogP contribution in [0.5, 0.6) is 0 Å². The van der Waals surface area contributed by atoms with Gasteiger partial charge in [-0.2, -0.15) is 0 Å². The summed E-state index contributed by atoms with van der Waals surface area (Å²) >= 11 is 0. The lowest BCUT2D eigenvalue weighted by atomic mass is 10.2. The maximum Gasteiger partial charge on any atom is 0.0760 e. The number of hydrogen-bond donors (Lipinski definition) is 1. The molecule has 0 aliphatic carbocycles. The van der Waals surface area contributed by atoms with E-state index in [2.05, 4.69) is 35.4 Å². The van der Waals surface area contributed by atoms with Crippen LogP contribution in [0.25, 0.3) is 0 Å². The Bertz CT molecular complexity index is 196. The zero-order valence-electron chi connectivity index (χ0n) is 8.04. The largest absolute Gasteiger partial charge is 0.370 e. The number of hydrogen-bond acceptors (Lipinski definition) is 3. The van der Waals surface area contributed by atoms with Crippen LogP contribution in [0.1, 0.15) is 13.8 Å². The summed E-state index contributed by atoms with van der Waals surface area (Å²) in [5.74, 6) is 0. The van der Waals surface area contributed by atoms with Crippen LogP contribution in [0.15, 0.2) is 16.9 Å². The summed E-state index contributed by atoms with van der Waals surface area (Å²) in [6, 6.07) is 0.411. The van der Waals surface area contributed by atoms with Crippen molar-refractivity contribution in [3.8, 4) is 0 Å². The van der Waals surface area contributed by atoms with Crippen LogP contribution in [-0.4, -0.2) is 37.3 Å². The van der Waals surface area contributed by atoms with Crippen molar-refractivity contribution in [3.05, 3.63) is 11.9 Å². The van der Waals surface area contributed by atoms with Gasteiger partial charge in [-0.25, -0.2) is 0 Å². The average molecular weight is 167 g/mol. The molecule has 3 nitrogen and oxygen atoms in total. The smallest absolute Gasteiger partial charge is 0.0760 e. The van der Waals surface area contributed by atoms with E-state index in [1.807, 2.05) is 13.1 Å². The van der Waals surface area contributed by atoms with E-state index in [-0.39, 0.29) is 0 Å². The molecular weight excluding hydrogens is 150 g/mol. The van der Waals surface area contributed by atoms with Crippen LogP contribution in [0, 0.1) is 0 Å². The molecule has 0 saturated heterocycles. The van der Waals surface area contributed by atoms with Gasteiger partial charge >= 0.3 is 0 Å². The summed E-state index contributed by atoms with van der Waals surface area (Å²) in [5.41, 5.74) is 1.07. The first-order chi connectivity index (χ1) is 5.74. The van der Waals surface area contributed by atoms with Crippen molar-refractivity contribution in [1.29, 1.82) is 0 Å². The van der Waals surface area contributed by atoms with Crippen molar-refractivity contribution in [1.82, 2.24) is 10.2 Å². The highest BCUT2D eigenvalue weighted by Gasteiger charge is 2.11. The number of nitrogens with zero attached hydrogens (tertiary/aromatic N) is 2. The van der Waals surface area contributed by atoms with Crippen molar-refractivity contribution in [2.75, 3.05) is 20.1 Å². The first-order valence-corrected chi connectivity index (χ1v) is 4.39. The summed E-state index contributed by atoms with van der Waals surface area (Å²) in [6.07, 6.45) is 4.07. The lowest BCUT2D eigenvalue weighted by molar-refractivity contribution is 0.385. The zero-order valence-corrected chi connectivity index (χ0v) is 8.04. The molecule has 0 bridgehead atoms. The third-order valence-corrected chi connectivity index (χ3v) is 1.97. The number of aliphatic imine (C=N–C) groups is 1. The predicted molar refractivity (Wildman–Crippen MR) is 52.3 cm³/mol. The summed E-state index contributed by atoms with van der Waals surface area (Å²) in [7, 11) is 2.08. The molecule has 0 fully saturated rings. The fraction of sp³-hybridized carbons (Fsp3) is 0.667. The average Bonchev–Trinajstić information content (AvgIpc) is 2.03. The summed E-state index contributed by atoms with van der Waals surface area (Å²) < 4.78 is 0. The Balaban J connectivity index is 2.43. The Kier molecular flexibility index (Phi) is 3.29. The van der Waals surface area contributed by atoms with Gasteiger partial charge in [-0.1, -0.05) is 6.92 Å². The molecule has 0 amide bonds. The highest BCUT2D eigenvalue weighted by Crippen LogP contribution is 2.06. The van der Waals surface area contributed by atoms with Gasteiger partial charge in [0, 0.05) is 26.0 Å². The second kappa shape index (κ2) is 4.26. The van der Waals surface area contributed by atoms with E-state index in [9.17, 15) is 0 Å². The SMILES string of the molecule is CCNCC1C=NC(C)=CN1C. The summed E-state index contributed by atoms with van der Waals surface area (Å²) in [6.45, 7) is 6.11. The minimum atomic E-state index is 0.411. The molecule has 0 aromatic heterocycles. The maximum absolute atomic E-state index is 4.27. The first kappa shape index (κ1) is 9.26. The molecule has 0 aromatic rings. The van der Waals surface area contributed by atoms with Crippen molar-refractivity contribution >= 4 is 6.21 Å². The van der Waals surface area contributed by atoms with Crippen LogP contribution in [-0.2, 0) is 0 Å². The second-order valence-corrected chi connectivity index (χ2v) is 3.09. The summed E-state index contributed by atoms with van der Waals surface area (Å²) in [5, 5.41) is 3.30. The van der Waals surface area contributed by atoms with E-state index < -0.39 is 0 Å².